The molecule has 1 N–H and O–H groups in total. The first kappa shape index (κ1) is 18.7. The molecule has 0 spiro atoms. The molecule has 6 nitrogen and oxygen atoms in total. The summed E-state index contributed by atoms with van der Waals surface area (Å²) in [4.78, 5) is 28.8. The minimum Gasteiger partial charge on any atom is -0.480 e. The zero-order valence-electron chi connectivity index (χ0n) is 16.1. The fourth-order valence-electron chi connectivity index (χ4n) is 3.27. The molecule has 0 aliphatic rings. The molecule has 1 amide bonds. The molecule has 0 aliphatic carbocycles. The Bertz CT molecular complexity index is 1250. The maximum absolute atomic E-state index is 12.4. The first-order chi connectivity index (χ1) is 14.0. The minimum absolute atomic E-state index is 0.242. The summed E-state index contributed by atoms with van der Waals surface area (Å²) in [7, 11) is 0. The van der Waals surface area contributed by atoms with E-state index in [0.29, 0.717) is 28.8 Å². The van der Waals surface area contributed by atoms with Crippen molar-refractivity contribution in [3.63, 3.8) is 0 Å². The highest BCUT2D eigenvalue weighted by molar-refractivity contribution is 6.05. The number of fused-ring (bicyclic) bond motifs is 3. The highest BCUT2D eigenvalue weighted by atomic mass is 16.5. The van der Waals surface area contributed by atoms with Gasteiger partial charge in [0.05, 0.1) is 5.39 Å². The van der Waals surface area contributed by atoms with Crippen molar-refractivity contribution in [2.45, 2.75) is 26.5 Å². The van der Waals surface area contributed by atoms with Crippen molar-refractivity contribution in [3.8, 4) is 5.75 Å². The molecule has 146 valence electrons. The lowest BCUT2D eigenvalue weighted by molar-refractivity contribution is -0.127. The number of pyridine rings is 1. The predicted octanol–water partition coefficient (Wildman–Crippen LogP) is 3.73. The summed E-state index contributed by atoms with van der Waals surface area (Å²) in [5.74, 6) is 0.258. The summed E-state index contributed by atoms with van der Waals surface area (Å²) in [6.45, 7) is 3.87. The Morgan fingerprint density at radius 1 is 1.10 bits per heavy atom. The number of carbonyl (C=O) groups is 1. The molecule has 2 heterocycles. The molecule has 0 aliphatic heterocycles. The second kappa shape index (κ2) is 7.75. The molecule has 0 saturated carbocycles. The Labute approximate surface area is 167 Å². The topological polar surface area (TPSA) is 81.4 Å². The van der Waals surface area contributed by atoms with Crippen molar-refractivity contribution in [1.82, 2.24) is 10.3 Å². The second-order valence-electron chi connectivity index (χ2n) is 6.84. The second-order valence-corrected chi connectivity index (χ2v) is 6.84. The van der Waals surface area contributed by atoms with Gasteiger partial charge in [-0.05, 0) is 49.1 Å². The number of ether oxygens (including phenoxy) is 1. The number of hydrogen-bond donors (Lipinski definition) is 1. The fraction of sp³-hybridized carbons (Fsp3) is 0.174. The molecule has 1 atom stereocenters. The third-order valence-electron chi connectivity index (χ3n) is 4.85. The van der Waals surface area contributed by atoms with E-state index in [9.17, 15) is 9.59 Å². The van der Waals surface area contributed by atoms with Crippen molar-refractivity contribution in [3.05, 3.63) is 82.5 Å². The average molecular weight is 388 g/mol. The smallest absolute Gasteiger partial charge is 0.344 e. The van der Waals surface area contributed by atoms with Gasteiger partial charge in [0.2, 0.25) is 0 Å². The fourth-order valence-corrected chi connectivity index (χ4v) is 3.27. The van der Waals surface area contributed by atoms with Crippen LogP contribution >= 0.6 is 0 Å². The summed E-state index contributed by atoms with van der Waals surface area (Å²) in [6, 6.07) is 14.7. The van der Waals surface area contributed by atoms with Gasteiger partial charge in [-0.15, -0.1) is 0 Å². The van der Waals surface area contributed by atoms with E-state index >= 15 is 0 Å². The molecule has 0 radical (unpaired) electrons. The van der Waals surface area contributed by atoms with Crippen LogP contribution in [0.5, 0.6) is 5.75 Å². The number of benzene rings is 2. The van der Waals surface area contributed by atoms with Gasteiger partial charge in [-0.25, -0.2) is 4.79 Å². The van der Waals surface area contributed by atoms with Crippen LogP contribution in [-0.2, 0) is 11.3 Å². The van der Waals surface area contributed by atoms with Crippen molar-refractivity contribution in [1.29, 1.82) is 0 Å². The van der Waals surface area contributed by atoms with Gasteiger partial charge in [-0.1, -0.05) is 24.3 Å². The zero-order valence-corrected chi connectivity index (χ0v) is 16.1. The minimum atomic E-state index is -0.713. The lowest BCUT2D eigenvalue weighted by Crippen LogP contribution is -2.36. The van der Waals surface area contributed by atoms with Gasteiger partial charge in [0, 0.05) is 29.9 Å². The molecule has 2 aromatic carbocycles. The normalized spacial score (nSPS) is 12.1. The van der Waals surface area contributed by atoms with Crippen LogP contribution in [0, 0.1) is 6.92 Å². The Hall–Kier alpha value is -3.67. The standard InChI is InChI=1S/C23H20N2O4/c1-14-20(28-15(2)22(26)25-13-16-6-5-11-24-12-16)10-9-18-17-7-3-4-8-19(17)23(27)29-21(14)18/h3-12,15H,13H2,1-2H3,(H,25,26)/t15-/m0/s1. The number of aryl methyl sites for hydroxylation is 1. The van der Waals surface area contributed by atoms with Crippen LogP contribution in [0.15, 0.2) is 70.1 Å². The quantitative estimate of drug-likeness (QED) is 0.416. The molecule has 4 rings (SSSR count). The van der Waals surface area contributed by atoms with Gasteiger partial charge in [0.1, 0.15) is 11.3 Å². The maximum Gasteiger partial charge on any atom is 0.344 e. The largest absolute Gasteiger partial charge is 0.480 e. The number of aromatic nitrogens is 1. The van der Waals surface area contributed by atoms with E-state index in [-0.39, 0.29) is 5.91 Å². The number of nitrogens with zero attached hydrogens (tertiary/aromatic N) is 1. The van der Waals surface area contributed by atoms with Gasteiger partial charge in [-0.2, -0.15) is 0 Å². The first-order valence-electron chi connectivity index (χ1n) is 9.33. The molecule has 0 fully saturated rings. The van der Waals surface area contributed by atoms with Crippen LogP contribution in [0.25, 0.3) is 21.7 Å². The van der Waals surface area contributed by atoms with E-state index < -0.39 is 11.7 Å². The van der Waals surface area contributed by atoms with E-state index in [1.165, 1.54) is 0 Å². The summed E-state index contributed by atoms with van der Waals surface area (Å²) < 4.78 is 11.4. The number of carbonyl (C=O) groups excluding carboxylic acids is 1. The Morgan fingerprint density at radius 2 is 1.90 bits per heavy atom. The molecule has 4 aromatic rings. The monoisotopic (exact) mass is 388 g/mol. The van der Waals surface area contributed by atoms with Crippen molar-refractivity contribution in [2.75, 3.05) is 0 Å². The number of amides is 1. The van der Waals surface area contributed by atoms with Crippen LogP contribution < -0.4 is 15.7 Å². The van der Waals surface area contributed by atoms with Gasteiger partial charge in [0.25, 0.3) is 5.91 Å². The third-order valence-corrected chi connectivity index (χ3v) is 4.85. The third kappa shape index (κ3) is 3.69. The van der Waals surface area contributed by atoms with E-state index in [4.69, 9.17) is 9.15 Å². The molecule has 0 saturated heterocycles. The highest BCUT2D eigenvalue weighted by Gasteiger charge is 2.18. The maximum atomic E-state index is 12.4. The number of hydrogen-bond acceptors (Lipinski definition) is 5. The van der Waals surface area contributed by atoms with Gasteiger partial charge < -0.3 is 14.5 Å². The van der Waals surface area contributed by atoms with Crippen LogP contribution in [0.2, 0.25) is 0 Å². The number of rotatable bonds is 5. The van der Waals surface area contributed by atoms with Crippen molar-refractivity contribution in [2.24, 2.45) is 0 Å². The van der Waals surface area contributed by atoms with Crippen LogP contribution in [-0.4, -0.2) is 17.0 Å². The zero-order chi connectivity index (χ0) is 20.4. The Kier molecular flexibility index (Phi) is 4.99. The molecule has 6 heteroatoms. The van der Waals surface area contributed by atoms with Crippen LogP contribution in [0.4, 0.5) is 0 Å². The first-order valence-corrected chi connectivity index (χ1v) is 9.33. The molecule has 2 aromatic heterocycles. The summed E-state index contributed by atoms with van der Waals surface area (Å²) in [5.41, 5.74) is 1.66. The molecule has 29 heavy (non-hydrogen) atoms. The molecular formula is C23H20N2O4. The van der Waals surface area contributed by atoms with Crippen LogP contribution in [0.3, 0.4) is 0 Å². The molecule has 0 bridgehead atoms. The average Bonchev–Trinajstić information content (AvgIpc) is 2.75. The molecular weight excluding hydrogens is 368 g/mol. The van der Waals surface area contributed by atoms with Gasteiger partial charge in [-0.3, -0.25) is 9.78 Å². The highest BCUT2D eigenvalue weighted by Crippen LogP contribution is 2.31. The Morgan fingerprint density at radius 3 is 2.66 bits per heavy atom. The van der Waals surface area contributed by atoms with Crippen molar-refractivity contribution < 1.29 is 13.9 Å². The Balaban J connectivity index is 1.57. The SMILES string of the molecule is Cc1c(O[C@@H](C)C(=O)NCc2cccnc2)ccc2c1oc(=O)c1ccccc12. The lowest BCUT2D eigenvalue weighted by atomic mass is 10.0. The summed E-state index contributed by atoms with van der Waals surface area (Å²) >= 11 is 0. The van der Waals surface area contributed by atoms with E-state index in [1.54, 1.807) is 37.5 Å². The lowest BCUT2D eigenvalue weighted by Gasteiger charge is -2.17. The van der Waals surface area contributed by atoms with E-state index in [2.05, 4.69) is 10.3 Å². The van der Waals surface area contributed by atoms with Gasteiger partial charge in [0.15, 0.2) is 6.10 Å². The van der Waals surface area contributed by atoms with E-state index in [1.807, 2.05) is 37.3 Å². The van der Waals surface area contributed by atoms with Crippen molar-refractivity contribution >= 4 is 27.6 Å². The van der Waals surface area contributed by atoms with E-state index in [0.717, 1.165) is 16.3 Å². The summed E-state index contributed by atoms with van der Waals surface area (Å²) in [6.07, 6.45) is 2.67. The van der Waals surface area contributed by atoms with Crippen LogP contribution in [0.1, 0.15) is 18.1 Å². The molecule has 0 unspecified atom stereocenters. The summed E-state index contributed by atoms with van der Waals surface area (Å²) in [5, 5.41) is 5.03. The van der Waals surface area contributed by atoms with Gasteiger partial charge >= 0.3 is 5.63 Å². The predicted molar refractivity (Wildman–Crippen MR) is 111 cm³/mol. The number of nitrogens with one attached hydrogen (secondary N) is 1.